The van der Waals surface area contributed by atoms with E-state index in [1.807, 2.05) is 12.1 Å². The maximum absolute atomic E-state index is 14.6. The number of hydrogen-bond donors (Lipinski definition) is 4. The van der Waals surface area contributed by atoms with Gasteiger partial charge in [-0.2, -0.15) is 0 Å². The highest BCUT2D eigenvalue weighted by Gasteiger charge is 2.13. The Morgan fingerprint density at radius 1 is 0.933 bits per heavy atom. The molecule has 0 aliphatic rings. The Morgan fingerprint density at radius 2 is 1.60 bits per heavy atom. The zero-order valence-electron chi connectivity index (χ0n) is 17.7. The lowest BCUT2D eigenvalue weighted by Gasteiger charge is -2.13. The van der Waals surface area contributed by atoms with Crippen LogP contribution in [0.25, 0.3) is 0 Å². The van der Waals surface area contributed by atoms with Gasteiger partial charge >= 0.3 is 0 Å². The Balaban J connectivity index is 1.89. The van der Waals surface area contributed by atoms with E-state index < -0.39 is 5.82 Å². The molecular weight excluding hydrogens is 383 g/mol. The van der Waals surface area contributed by atoms with Crippen LogP contribution >= 0.6 is 0 Å². The van der Waals surface area contributed by atoms with Crippen molar-refractivity contribution in [1.82, 2.24) is 0 Å². The molecule has 0 aliphatic carbocycles. The van der Waals surface area contributed by atoms with E-state index in [0.29, 0.717) is 18.7 Å². The van der Waals surface area contributed by atoms with Crippen molar-refractivity contribution in [2.45, 2.75) is 58.9 Å². The molecule has 7 heteroatoms. The van der Waals surface area contributed by atoms with Crippen LogP contribution in [0.5, 0.6) is 0 Å². The number of nitrogen functional groups attached to an aromatic ring is 1. The van der Waals surface area contributed by atoms with Gasteiger partial charge in [-0.1, -0.05) is 44.7 Å². The molecule has 0 saturated heterocycles. The molecule has 0 aromatic heterocycles. The quantitative estimate of drug-likeness (QED) is 0.297. The second-order valence-corrected chi connectivity index (χ2v) is 7.33. The molecule has 0 fully saturated rings. The minimum absolute atomic E-state index is 0.0830. The Morgan fingerprint density at radius 3 is 2.27 bits per heavy atom. The van der Waals surface area contributed by atoms with E-state index in [0.717, 1.165) is 31.2 Å². The first-order valence-corrected chi connectivity index (χ1v) is 10.4. The van der Waals surface area contributed by atoms with Gasteiger partial charge in [0.15, 0.2) is 5.82 Å². The second-order valence-electron chi connectivity index (χ2n) is 7.33. The number of carbonyl (C=O) groups is 2. The van der Waals surface area contributed by atoms with Crippen molar-refractivity contribution in [2.24, 2.45) is 0 Å². The van der Waals surface area contributed by atoms with Gasteiger partial charge in [0.1, 0.15) is 0 Å². The number of benzene rings is 2. The van der Waals surface area contributed by atoms with Gasteiger partial charge in [-0.25, -0.2) is 4.39 Å². The van der Waals surface area contributed by atoms with E-state index in [1.165, 1.54) is 13.3 Å². The number of anilines is 4. The van der Waals surface area contributed by atoms with Crippen LogP contribution in [0.4, 0.5) is 27.1 Å². The fourth-order valence-corrected chi connectivity index (χ4v) is 3.05. The van der Waals surface area contributed by atoms with Crippen LogP contribution in [0, 0.1) is 5.82 Å². The predicted octanol–water partition coefficient (Wildman–Crippen LogP) is 5.28. The first-order valence-electron chi connectivity index (χ1n) is 10.4. The SMILES string of the molecule is CCCCCCCC(=O)Nc1ccc(NCc2ccc(NC(C)=O)cc2)c(F)c1N. The number of nitrogens with two attached hydrogens (primary N) is 1. The number of unbranched alkanes of at least 4 members (excludes halogenated alkanes) is 4. The molecule has 0 saturated carbocycles. The van der Waals surface area contributed by atoms with Crippen molar-refractivity contribution in [1.29, 1.82) is 0 Å². The first kappa shape index (κ1) is 23.2. The van der Waals surface area contributed by atoms with Crippen molar-refractivity contribution in [2.75, 3.05) is 21.7 Å². The van der Waals surface area contributed by atoms with E-state index in [9.17, 15) is 14.0 Å². The van der Waals surface area contributed by atoms with Crippen molar-refractivity contribution in [3.8, 4) is 0 Å². The summed E-state index contributed by atoms with van der Waals surface area (Å²) in [5, 5.41) is 8.40. The summed E-state index contributed by atoms with van der Waals surface area (Å²) in [4.78, 5) is 23.1. The second kappa shape index (κ2) is 11.8. The Bertz CT molecular complexity index is 853. The lowest BCUT2D eigenvalue weighted by atomic mass is 10.1. The van der Waals surface area contributed by atoms with Gasteiger partial charge in [0.05, 0.1) is 17.1 Å². The molecular formula is C23H31FN4O2. The number of halogens is 1. The predicted molar refractivity (Wildman–Crippen MR) is 121 cm³/mol. The van der Waals surface area contributed by atoms with Crippen molar-refractivity contribution >= 4 is 34.6 Å². The maximum Gasteiger partial charge on any atom is 0.224 e. The minimum atomic E-state index is -0.592. The Labute approximate surface area is 177 Å². The van der Waals surface area contributed by atoms with Crippen LogP contribution in [0.15, 0.2) is 36.4 Å². The summed E-state index contributed by atoms with van der Waals surface area (Å²) in [7, 11) is 0. The average molecular weight is 415 g/mol. The van der Waals surface area contributed by atoms with E-state index in [-0.39, 0.29) is 28.9 Å². The van der Waals surface area contributed by atoms with E-state index in [4.69, 9.17) is 5.73 Å². The van der Waals surface area contributed by atoms with Crippen molar-refractivity contribution in [3.63, 3.8) is 0 Å². The monoisotopic (exact) mass is 414 g/mol. The van der Waals surface area contributed by atoms with Gasteiger partial charge in [0, 0.05) is 25.6 Å². The number of rotatable bonds is 11. The van der Waals surface area contributed by atoms with Gasteiger partial charge in [-0.3, -0.25) is 9.59 Å². The smallest absolute Gasteiger partial charge is 0.224 e. The molecule has 0 bridgehead atoms. The number of hydrogen-bond acceptors (Lipinski definition) is 4. The standard InChI is InChI=1S/C23H31FN4O2/c1-3-4-5-6-7-8-21(30)28-20-14-13-19(22(24)23(20)25)26-15-17-9-11-18(12-10-17)27-16(2)29/h9-14,26H,3-8,15,25H2,1-2H3,(H,27,29)(H,28,30). The highest BCUT2D eigenvalue weighted by molar-refractivity contribution is 5.94. The van der Waals surface area contributed by atoms with Crippen LogP contribution in [0.2, 0.25) is 0 Å². The van der Waals surface area contributed by atoms with Gasteiger partial charge in [0.2, 0.25) is 11.8 Å². The molecule has 0 heterocycles. The summed E-state index contributed by atoms with van der Waals surface area (Å²) in [6, 6.07) is 10.4. The first-order chi connectivity index (χ1) is 14.4. The summed E-state index contributed by atoms with van der Waals surface area (Å²) >= 11 is 0. The minimum Gasteiger partial charge on any atom is -0.395 e. The number of nitrogens with one attached hydrogen (secondary N) is 3. The fourth-order valence-electron chi connectivity index (χ4n) is 3.05. The highest BCUT2D eigenvalue weighted by Crippen LogP contribution is 2.28. The summed E-state index contributed by atoms with van der Waals surface area (Å²) in [5.41, 5.74) is 7.98. The molecule has 0 atom stereocenters. The van der Waals surface area contributed by atoms with Crippen molar-refractivity contribution < 1.29 is 14.0 Å². The fraction of sp³-hybridized carbons (Fsp3) is 0.391. The summed E-state index contributed by atoms with van der Waals surface area (Å²) in [6.45, 7) is 3.98. The number of amides is 2. The van der Waals surface area contributed by atoms with Gasteiger partial charge < -0.3 is 21.7 Å². The molecule has 0 spiro atoms. The molecule has 6 nitrogen and oxygen atoms in total. The van der Waals surface area contributed by atoms with Crippen LogP contribution in [-0.4, -0.2) is 11.8 Å². The molecule has 5 N–H and O–H groups in total. The summed E-state index contributed by atoms with van der Waals surface area (Å²) in [5.74, 6) is -0.884. The molecule has 2 amide bonds. The Kier molecular flexibility index (Phi) is 9.12. The molecule has 30 heavy (non-hydrogen) atoms. The normalized spacial score (nSPS) is 10.5. The summed E-state index contributed by atoms with van der Waals surface area (Å²) in [6.07, 6.45) is 5.68. The highest BCUT2D eigenvalue weighted by atomic mass is 19.1. The average Bonchev–Trinajstić information content (AvgIpc) is 2.71. The van der Waals surface area contributed by atoms with Crippen LogP contribution < -0.4 is 21.7 Å². The largest absolute Gasteiger partial charge is 0.395 e. The molecule has 2 rings (SSSR count). The number of carbonyl (C=O) groups excluding carboxylic acids is 2. The molecule has 0 aliphatic heterocycles. The van der Waals surface area contributed by atoms with Gasteiger partial charge in [-0.05, 0) is 36.2 Å². The molecule has 2 aromatic rings. The maximum atomic E-state index is 14.6. The third-order valence-corrected chi connectivity index (χ3v) is 4.72. The van der Waals surface area contributed by atoms with Crippen LogP contribution in [0.3, 0.4) is 0 Å². The third-order valence-electron chi connectivity index (χ3n) is 4.72. The molecule has 162 valence electrons. The lowest BCUT2D eigenvalue weighted by molar-refractivity contribution is -0.116. The van der Waals surface area contributed by atoms with Gasteiger partial charge in [0.25, 0.3) is 0 Å². The zero-order valence-corrected chi connectivity index (χ0v) is 17.7. The molecule has 0 radical (unpaired) electrons. The molecule has 2 aromatic carbocycles. The lowest BCUT2D eigenvalue weighted by Crippen LogP contribution is -2.14. The van der Waals surface area contributed by atoms with Crippen LogP contribution in [-0.2, 0) is 16.1 Å². The van der Waals surface area contributed by atoms with Crippen molar-refractivity contribution in [3.05, 3.63) is 47.8 Å². The van der Waals surface area contributed by atoms with E-state index >= 15 is 0 Å². The summed E-state index contributed by atoms with van der Waals surface area (Å²) < 4.78 is 14.6. The topological polar surface area (TPSA) is 96.2 Å². The zero-order chi connectivity index (χ0) is 21.9. The third kappa shape index (κ3) is 7.39. The van der Waals surface area contributed by atoms with Gasteiger partial charge in [-0.15, -0.1) is 0 Å². The van der Waals surface area contributed by atoms with Crippen LogP contribution in [0.1, 0.15) is 57.9 Å². The van der Waals surface area contributed by atoms with E-state index in [1.54, 1.807) is 24.3 Å². The molecule has 0 unspecified atom stereocenters. The Hall–Kier alpha value is -3.09. The van der Waals surface area contributed by atoms with E-state index in [2.05, 4.69) is 22.9 Å².